The second-order valence-electron chi connectivity index (χ2n) is 4.64. The summed E-state index contributed by atoms with van der Waals surface area (Å²) >= 11 is 5.90. The van der Waals surface area contributed by atoms with Gasteiger partial charge in [0.05, 0.1) is 13.5 Å². The van der Waals surface area contributed by atoms with E-state index in [1.54, 1.807) is 21.9 Å². The highest BCUT2D eigenvalue weighted by atomic mass is 35.5. The molecule has 0 bridgehead atoms. The van der Waals surface area contributed by atoms with Gasteiger partial charge in [0.15, 0.2) is 0 Å². The predicted octanol–water partition coefficient (Wildman–Crippen LogP) is 1.79. The third-order valence-corrected chi connectivity index (χ3v) is 3.54. The van der Waals surface area contributed by atoms with Crippen molar-refractivity contribution in [3.05, 3.63) is 34.9 Å². The number of ether oxygens (including phenoxy) is 1. The number of hydrogen-bond acceptors (Lipinski definition) is 3. The van der Waals surface area contributed by atoms with E-state index in [-0.39, 0.29) is 12.0 Å². The van der Waals surface area contributed by atoms with Crippen molar-refractivity contribution in [1.82, 2.24) is 9.80 Å². The molecule has 2 amide bonds. The second kappa shape index (κ2) is 6.61. The number of piperazine rings is 1. The van der Waals surface area contributed by atoms with Crippen molar-refractivity contribution in [3.63, 3.8) is 0 Å². The monoisotopic (exact) mass is 296 g/mol. The van der Waals surface area contributed by atoms with Crippen LogP contribution in [-0.2, 0) is 16.0 Å². The number of carbonyl (C=O) groups is 2. The fourth-order valence-corrected chi connectivity index (χ4v) is 2.41. The molecular formula is C14H17ClN2O3. The maximum absolute atomic E-state index is 12.2. The van der Waals surface area contributed by atoms with Crippen LogP contribution in [0.3, 0.4) is 0 Å². The number of halogens is 1. The summed E-state index contributed by atoms with van der Waals surface area (Å²) in [5, 5.41) is 0.630. The standard InChI is InChI=1S/C14H17ClN2O3/c1-20-14(19)17-7-5-16(6-8-17)13(18)10-11-3-2-4-12(15)9-11/h2-4,9H,5-8,10H2,1H3. The zero-order chi connectivity index (χ0) is 14.5. The minimum absolute atomic E-state index is 0.0526. The average molecular weight is 297 g/mol. The highest BCUT2D eigenvalue weighted by Crippen LogP contribution is 2.13. The summed E-state index contributed by atoms with van der Waals surface area (Å²) in [6.45, 7) is 2.09. The molecule has 5 nitrogen and oxygen atoms in total. The Labute approximate surface area is 123 Å². The first-order valence-electron chi connectivity index (χ1n) is 6.45. The van der Waals surface area contributed by atoms with Crippen molar-refractivity contribution in [1.29, 1.82) is 0 Å². The van der Waals surface area contributed by atoms with Crippen molar-refractivity contribution in [2.24, 2.45) is 0 Å². The summed E-state index contributed by atoms with van der Waals surface area (Å²) < 4.78 is 4.66. The fourth-order valence-electron chi connectivity index (χ4n) is 2.20. The van der Waals surface area contributed by atoms with Crippen LogP contribution in [0.5, 0.6) is 0 Å². The third kappa shape index (κ3) is 3.63. The summed E-state index contributed by atoms with van der Waals surface area (Å²) in [6.07, 6.45) is -0.00867. The van der Waals surface area contributed by atoms with Gasteiger partial charge in [-0.25, -0.2) is 4.79 Å². The number of amides is 2. The van der Waals surface area contributed by atoms with Crippen molar-refractivity contribution in [2.45, 2.75) is 6.42 Å². The lowest BCUT2D eigenvalue weighted by molar-refractivity contribution is -0.132. The second-order valence-corrected chi connectivity index (χ2v) is 5.08. The lowest BCUT2D eigenvalue weighted by atomic mass is 10.1. The van der Waals surface area contributed by atoms with Gasteiger partial charge in [-0.05, 0) is 17.7 Å². The lowest BCUT2D eigenvalue weighted by Crippen LogP contribution is -2.50. The summed E-state index contributed by atoms with van der Waals surface area (Å²) in [5.74, 6) is 0.0526. The molecule has 1 aromatic rings. The molecule has 0 N–H and O–H groups in total. The Kier molecular flexibility index (Phi) is 4.84. The number of hydrogen-bond donors (Lipinski definition) is 0. The first-order valence-corrected chi connectivity index (χ1v) is 6.83. The summed E-state index contributed by atoms with van der Waals surface area (Å²) in [6, 6.07) is 7.30. The molecule has 1 saturated heterocycles. The Balaban J connectivity index is 1.87. The minimum Gasteiger partial charge on any atom is -0.453 e. The van der Waals surface area contributed by atoms with Crippen molar-refractivity contribution in [3.8, 4) is 0 Å². The van der Waals surface area contributed by atoms with E-state index in [0.29, 0.717) is 37.6 Å². The molecule has 0 saturated carbocycles. The molecule has 0 atom stereocenters. The van der Waals surface area contributed by atoms with E-state index in [1.807, 2.05) is 12.1 Å². The van der Waals surface area contributed by atoms with Crippen LogP contribution in [0.25, 0.3) is 0 Å². The van der Waals surface area contributed by atoms with E-state index in [1.165, 1.54) is 7.11 Å². The highest BCUT2D eigenvalue weighted by molar-refractivity contribution is 6.30. The van der Waals surface area contributed by atoms with E-state index in [2.05, 4.69) is 4.74 Å². The van der Waals surface area contributed by atoms with E-state index in [9.17, 15) is 9.59 Å². The topological polar surface area (TPSA) is 49.9 Å². The summed E-state index contributed by atoms with van der Waals surface area (Å²) in [7, 11) is 1.36. The van der Waals surface area contributed by atoms with E-state index in [4.69, 9.17) is 11.6 Å². The maximum Gasteiger partial charge on any atom is 0.409 e. The zero-order valence-electron chi connectivity index (χ0n) is 11.3. The average Bonchev–Trinajstić information content (AvgIpc) is 2.46. The molecule has 1 aliphatic heterocycles. The van der Waals surface area contributed by atoms with Crippen LogP contribution in [0, 0.1) is 0 Å². The van der Waals surface area contributed by atoms with Crippen LogP contribution in [0.15, 0.2) is 24.3 Å². The quantitative estimate of drug-likeness (QED) is 0.836. The van der Waals surface area contributed by atoms with Crippen LogP contribution in [-0.4, -0.2) is 55.1 Å². The number of nitrogens with zero attached hydrogens (tertiary/aromatic N) is 2. The van der Waals surface area contributed by atoms with Crippen LogP contribution >= 0.6 is 11.6 Å². The molecule has 1 aromatic carbocycles. The van der Waals surface area contributed by atoms with Gasteiger partial charge >= 0.3 is 6.09 Å². The normalized spacial score (nSPS) is 15.1. The van der Waals surface area contributed by atoms with Gasteiger partial charge in [0.25, 0.3) is 0 Å². The predicted molar refractivity (Wildman–Crippen MR) is 75.7 cm³/mol. The number of methoxy groups -OCH3 is 1. The van der Waals surface area contributed by atoms with Crippen molar-refractivity contribution in [2.75, 3.05) is 33.3 Å². The largest absolute Gasteiger partial charge is 0.453 e. The zero-order valence-corrected chi connectivity index (χ0v) is 12.1. The number of rotatable bonds is 2. The van der Waals surface area contributed by atoms with Crippen LogP contribution in [0.1, 0.15) is 5.56 Å². The molecule has 20 heavy (non-hydrogen) atoms. The van der Waals surface area contributed by atoms with Gasteiger partial charge < -0.3 is 14.5 Å². The molecule has 0 aromatic heterocycles. The SMILES string of the molecule is COC(=O)N1CCN(C(=O)Cc2cccc(Cl)c2)CC1. The Morgan fingerprint density at radius 2 is 1.85 bits per heavy atom. The highest BCUT2D eigenvalue weighted by Gasteiger charge is 2.24. The Bertz CT molecular complexity index is 499. The smallest absolute Gasteiger partial charge is 0.409 e. The Hall–Kier alpha value is -1.75. The van der Waals surface area contributed by atoms with Crippen LogP contribution < -0.4 is 0 Å². The minimum atomic E-state index is -0.341. The first-order chi connectivity index (χ1) is 9.60. The fraction of sp³-hybridized carbons (Fsp3) is 0.429. The molecule has 6 heteroatoms. The maximum atomic E-state index is 12.2. The van der Waals surface area contributed by atoms with Crippen LogP contribution in [0.4, 0.5) is 4.79 Å². The van der Waals surface area contributed by atoms with Crippen LogP contribution in [0.2, 0.25) is 5.02 Å². The van der Waals surface area contributed by atoms with Gasteiger partial charge in [0.1, 0.15) is 0 Å². The van der Waals surface area contributed by atoms with Gasteiger partial charge in [-0.15, -0.1) is 0 Å². The van der Waals surface area contributed by atoms with Crippen molar-refractivity contribution < 1.29 is 14.3 Å². The Morgan fingerprint density at radius 3 is 2.45 bits per heavy atom. The molecule has 1 heterocycles. The molecule has 1 fully saturated rings. The van der Waals surface area contributed by atoms with Gasteiger partial charge in [-0.1, -0.05) is 23.7 Å². The van der Waals surface area contributed by atoms with E-state index >= 15 is 0 Å². The number of carbonyl (C=O) groups excluding carboxylic acids is 2. The van der Waals surface area contributed by atoms with Gasteiger partial charge in [0, 0.05) is 31.2 Å². The summed E-state index contributed by atoms with van der Waals surface area (Å²) in [5.41, 5.74) is 0.901. The van der Waals surface area contributed by atoms with Gasteiger partial charge in [0.2, 0.25) is 5.91 Å². The molecule has 0 unspecified atom stereocenters. The molecule has 1 aliphatic rings. The van der Waals surface area contributed by atoms with Gasteiger partial charge in [-0.2, -0.15) is 0 Å². The van der Waals surface area contributed by atoms with E-state index in [0.717, 1.165) is 5.56 Å². The molecule has 0 spiro atoms. The number of benzene rings is 1. The third-order valence-electron chi connectivity index (χ3n) is 3.31. The molecule has 0 aliphatic carbocycles. The Morgan fingerprint density at radius 1 is 1.20 bits per heavy atom. The molecular weight excluding hydrogens is 280 g/mol. The summed E-state index contributed by atoms with van der Waals surface area (Å²) in [4.78, 5) is 26.9. The first kappa shape index (κ1) is 14.7. The van der Waals surface area contributed by atoms with Gasteiger partial charge in [-0.3, -0.25) is 4.79 Å². The van der Waals surface area contributed by atoms with E-state index < -0.39 is 0 Å². The van der Waals surface area contributed by atoms with Crippen molar-refractivity contribution >= 4 is 23.6 Å². The molecule has 2 rings (SSSR count). The molecule has 108 valence electrons. The lowest BCUT2D eigenvalue weighted by Gasteiger charge is -2.33. The molecule has 0 radical (unpaired) electrons.